The molecule has 0 unspecified atom stereocenters. The standard InChI is InChI=1S/C7H9BrN2O2/c1-7(2,6(11)12)10-4-3-5(8)9-10/h3-4H,1-2H3,(H,11,12). The van der Waals surface area contributed by atoms with Crippen molar-refractivity contribution in [3.8, 4) is 0 Å². The van der Waals surface area contributed by atoms with E-state index < -0.39 is 11.5 Å². The predicted molar refractivity (Wildman–Crippen MR) is 46.9 cm³/mol. The molecule has 0 bridgehead atoms. The minimum Gasteiger partial charge on any atom is -0.479 e. The largest absolute Gasteiger partial charge is 0.479 e. The van der Waals surface area contributed by atoms with Crippen LogP contribution in [0.3, 0.4) is 0 Å². The van der Waals surface area contributed by atoms with E-state index in [1.165, 1.54) is 4.68 Å². The molecule has 0 aliphatic rings. The van der Waals surface area contributed by atoms with Gasteiger partial charge < -0.3 is 5.11 Å². The molecule has 1 aromatic heterocycles. The van der Waals surface area contributed by atoms with Gasteiger partial charge in [-0.25, -0.2) is 4.79 Å². The average Bonchev–Trinajstić information content (AvgIpc) is 2.35. The van der Waals surface area contributed by atoms with Crippen molar-refractivity contribution in [1.82, 2.24) is 9.78 Å². The van der Waals surface area contributed by atoms with Gasteiger partial charge in [-0.1, -0.05) is 0 Å². The van der Waals surface area contributed by atoms with Crippen LogP contribution < -0.4 is 0 Å². The average molecular weight is 233 g/mol. The lowest BCUT2D eigenvalue weighted by molar-refractivity contribution is -0.146. The zero-order valence-corrected chi connectivity index (χ0v) is 8.37. The summed E-state index contributed by atoms with van der Waals surface area (Å²) in [6, 6.07) is 1.70. The van der Waals surface area contributed by atoms with Crippen molar-refractivity contribution in [2.75, 3.05) is 0 Å². The molecule has 1 aromatic rings. The third kappa shape index (κ3) is 1.50. The Morgan fingerprint density at radius 1 is 1.75 bits per heavy atom. The fourth-order valence-corrected chi connectivity index (χ4v) is 1.00. The molecule has 0 saturated carbocycles. The minimum absolute atomic E-state index is 0.636. The number of carboxylic acid groups (broad SMARTS) is 1. The molecule has 4 nitrogen and oxygen atoms in total. The van der Waals surface area contributed by atoms with Crippen LogP contribution in [0.2, 0.25) is 0 Å². The summed E-state index contributed by atoms with van der Waals surface area (Å²) >= 11 is 3.15. The molecule has 1 N–H and O–H groups in total. The van der Waals surface area contributed by atoms with Crippen LogP contribution in [0.5, 0.6) is 0 Å². The molecule has 0 radical (unpaired) electrons. The summed E-state index contributed by atoms with van der Waals surface area (Å²) in [5, 5.41) is 12.8. The van der Waals surface area contributed by atoms with Crippen LogP contribution in [0.4, 0.5) is 0 Å². The fourth-order valence-electron chi connectivity index (χ4n) is 0.711. The van der Waals surface area contributed by atoms with E-state index in [9.17, 15) is 4.79 Å². The molecule has 0 saturated heterocycles. The van der Waals surface area contributed by atoms with Gasteiger partial charge in [0.25, 0.3) is 0 Å². The molecule has 66 valence electrons. The molecular weight excluding hydrogens is 224 g/mol. The molecule has 0 fully saturated rings. The smallest absolute Gasteiger partial charge is 0.331 e. The van der Waals surface area contributed by atoms with Gasteiger partial charge in [0.15, 0.2) is 5.54 Å². The maximum Gasteiger partial charge on any atom is 0.331 e. The summed E-state index contributed by atoms with van der Waals surface area (Å²) in [4.78, 5) is 10.8. The Bertz CT molecular complexity index is 306. The van der Waals surface area contributed by atoms with Gasteiger partial charge >= 0.3 is 5.97 Å². The highest BCUT2D eigenvalue weighted by Crippen LogP contribution is 2.16. The Hall–Kier alpha value is -0.840. The molecule has 0 amide bonds. The van der Waals surface area contributed by atoms with Crippen molar-refractivity contribution in [3.05, 3.63) is 16.9 Å². The number of carbonyl (C=O) groups is 1. The summed E-state index contributed by atoms with van der Waals surface area (Å²) < 4.78 is 2.04. The maximum absolute atomic E-state index is 10.8. The summed E-state index contributed by atoms with van der Waals surface area (Å²) in [6.07, 6.45) is 1.62. The van der Waals surface area contributed by atoms with E-state index in [-0.39, 0.29) is 0 Å². The molecule has 0 aliphatic heterocycles. The molecule has 0 atom stereocenters. The number of carboxylic acids is 1. The van der Waals surface area contributed by atoms with Gasteiger partial charge in [-0.2, -0.15) is 5.10 Å². The van der Waals surface area contributed by atoms with E-state index in [1.807, 2.05) is 0 Å². The molecule has 0 spiro atoms. The molecule has 1 heterocycles. The molecule has 1 rings (SSSR count). The topological polar surface area (TPSA) is 55.1 Å². The van der Waals surface area contributed by atoms with Crippen LogP contribution in [0, 0.1) is 0 Å². The molecule has 12 heavy (non-hydrogen) atoms. The van der Waals surface area contributed by atoms with E-state index in [0.717, 1.165) is 0 Å². The monoisotopic (exact) mass is 232 g/mol. The van der Waals surface area contributed by atoms with Crippen LogP contribution in [-0.4, -0.2) is 20.9 Å². The second-order valence-corrected chi connectivity index (χ2v) is 3.76. The predicted octanol–water partition coefficient (Wildman–Crippen LogP) is 1.47. The first kappa shape index (κ1) is 9.25. The summed E-state index contributed by atoms with van der Waals surface area (Å²) in [5.41, 5.74) is -0.994. The van der Waals surface area contributed by atoms with Crippen LogP contribution in [0.15, 0.2) is 16.9 Å². The highest BCUT2D eigenvalue weighted by molar-refractivity contribution is 9.10. The van der Waals surface area contributed by atoms with Crippen LogP contribution in [0.1, 0.15) is 13.8 Å². The van der Waals surface area contributed by atoms with Crippen LogP contribution in [0.25, 0.3) is 0 Å². The first-order valence-electron chi connectivity index (χ1n) is 3.39. The lowest BCUT2D eigenvalue weighted by Crippen LogP contribution is -2.35. The SMILES string of the molecule is CC(C)(C(=O)O)n1ccc(Br)n1. The van der Waals surface area contributed by atoms with Crippen molar-refractivity contribution < 1.29 is 9.90 Å². The first-order valence-corrected chi connectivity index (χ1v) is 4.19. The Morgan fingerprint density at radius 3 is 2.67 bits per heavy atom. The van der Waals surface area contributed by atoms with Crippen molar-refractivity contribution >= 4 is 21.9 Å². The van der Waals surface area contributed by atoms with E-state index in [2.05, 4.69) is 21.0 Å². The summed E-state index contributed by atoms with van der Waals surface area (Å²) in [5.74, 6) is -0.905. The van der Waals surface area contributed by atoms with Gasteiger partial charge in [-0.3, -0.25) is 4.68 Å². The van der Waals surface area contributed by atoms with Gasteiger partial charge in [0.2, 0.25) is 0 Å². The maximum atomic E-state index is 10.8. The molecule has 5 heteroatoms. The summed E-state index contributed by atoms with van der Waals surface area (Å²) in [6.45, 7) is 3.18. The van der Waals surface area contributed by atoms with Crippen LogP contribution in [-0.2, 0) is 10.3 Å². The Kier molecular flexibility index (Phi) is 2.23. The number of halogens is 1. The Morgan fingerprint density at radius 2 is 2.33 bits per heavy atom. The van der Waals surface area contributed by atoms with Crippen molar-refractivity contribution in [3.63, 3.8) is 0 Å². The normalized spacial score (nSPS) is 11.6. The van der Waals surface area contributed by atoms with Gasteiger partial charge in [0.05, 0.1) is 0 Å². The quantitative estimate of drug-likeness (QED) is 0.841. The number of rotatable bonds is 2. The lowest BCUT2D eigenvalue weighted by Gasteiger charge is -2.19. The van der Waals surface area contributed by atoms with Crippen molar-refractivity contribution in [2.45, 2.75) is 19.4 Å². The second-order valence-electron chi connectivity index (χ2n) is 2.95. The first-order chi connectivity index (χ1) is 5.44. The zero-order valence-electron chi connectivity index (χ0n) is 6.78. The van der Waals surface area contributed by atoms with E-state index >= 15 is 0 Å². The van der Waals surface area contributed by atoms with Gasteiger partial charge in [0, 0.05) is 6.20 Å². The van der Waals surface area contributed by atoms with Gasteiger partial charge in [0.1, 0.15) is 4.60 Å². The third-order valence-corrected chi connectivity index (χ3v) is 2.08. The van der Waals surface area contributed by atoms with Crippen LogP contribution >= 0.6 is 15.9 Å². The number of hydrogen-bond acceptors (Lipinski definition) is 2. The van der Waals surface area contributed by atoms with Crippen molar-refractivity contribution in [2.24, 2.45) is 0 Å². The third-order valence-electron chi connectivity index (χ3n) is 1.65. The molecule has 0 aromatic carbocycles. The number of aromatic nitrogens is 2. The Labute approximate surface area is 78.3 Å². The van der Waals surface area contributed by atoms with Gasteiger partial charge in [-0.15, -0.1) is 0 Å². The van der Waals surface area contributed by atoms with Crippen molar-refractivity contribution in [1.29, 1.82) is 0 Å². The lowest BCUT2D eigenvalue weighted by atomic mass is 10.1. The van der Waals surface area contributed by atoms with Gasteiger partial charge in [-0.05, 0) is 35.8 Å². The fraction of sp³-hybridized carbons (Fsp3) is 0.429. The van der Waals surface area contributed by atoms with E-state index in [4.69, 9.17) is 5.11 Å². The zero-order chi connectivity index (χ0) is 9.35. The summed E-state index contributed by atoms with van der Waals surface area (Å²) in [7, 11) is 0. The highest BCUT2D eigenvalue weighted by Gasteiger charge is 2.29. The van der Waals surface area contributed by atoms with E-state index in [0.29, 0.717) is 4.60 Å². The van der Waals surface area contributed by atoms with E-state index in [1.54, 1.807) is 26.1 Å². The number of aliphatic carboxylic acids is 1. The highest BCUT2D eigenvalue weighted by atomic mass is 79.9. The number of hydrogen-bond donors (Lipinski definition) is 1. The number of nitrogens with zero attached hydrogens (tertiary/aromatic N) is 2. The molecule has 0 aliphatic carbocycles. The Balaban J connectivity index is 3.05. The molecular formula is C7H9BrN2O2. The minimum atomic E-state index is -0.994. The second kappa shape index (κ2) is 2.90.